The molecule has 1 unspecified atom stereocenters. The van der Waals surface area contributed by atoms with Crippen LogP contribution in [0.5, 0.6) is 0 Å². The van der Waals surface area contributed by atoms with E-state index in [1.165, 1.54) is 25.7 Å². The number of hydrogen-bond acceptors (Lipinski definition) is 3. The van der Waals surface area contributed by atoms with Crippen LogP contribution in [0.15, 0.2) is 29.2 Å². The molecule has 1 aliphatic rings. The Morgan fingerprint density at radius 2 is 1.90 bits per heavy atom. The van der Waals surface area contributed by atoms with Crippen LogP contribution in [0.3, 0.4) is 0 Å². The van der Waals surface area contributed by atoms with Gasteiger partial charge in [-0.1, -0.05) is 25.5 Å². The third kappa shape index (κ3) is 3.81. The summed E-state index contributed by atoms with van der Waals surface area (Å²) in [5.74, 6) is 0. The summed E-state index contributed by atoms with van der Waals surface area (Å²) < 4.78 is 22.4. The van der Waals surface area contributed by atoms with Crippen molar-refractivity contribution in [1.29, 1.82) is 0 Å². The van der Waals surface area contributed by atoms with Gasteiger partial charge < -0.3 is 5.32 Å². The summed E-state index contributed by atoms with van der Waals surface area (Å²) in [4.78, 5) is 0.165. The van der Waals surface area contributed by atoms with Gasteiger partial charge in [0.15, 0.2) is 0 Å². The summed E-state index contributed by atoms with van der Waals surface area (Å²) in [5, 5.41) is 8.66. The Balaban J connectivity index is 1.94. The maximum absolute atomic E-state index is 11.2. The van der Waals surface area contributed by atoms with Crippen LogP contribution in [0, 0.1) is 5.41 Å². The van der Waals surface area contributed by atoms with E-state index in [-0.39, 0.29) is 10.9 Å². The number of rotatable bonds is 7. The van der Waals surface area contributed by atoms with Crippen LogP contribution in [0.1, 0.15) is 51.1 Å². The molecule has 1 aromatic rings. The predicted octanol–water partition coefficient (Wildman–Crippen LogP) is 2.56. The normalized spacial score (nSPS) is 18.8. The number of primary sulfonamides is 1. The molecule has 3 N–H and O–H groups in total. The Morgan fingerprint density at radius 1 is 1.30 bits per heavy atom. The van der Waals surface area contributed by atoms with Gasteiger partial charge in [0.05, 0.1) is 4.90 Å². The van der Waals surface area contributed by atoms with Crippen molar-refractivity contribution in [3.63, 3.8) is 0 Å². The number of nitrogens with two attached hydrogens (primary N) is 1. The molecule has 0 amide bonds. The minimum atomic E-state index is -3.60. The van der Waals surface area contributed by atoms with E-state index in [1.54, 1.807) is 12.1 Å². The Morgan fingerprint density at radius 3 is 2.35 bits per heavy atom. The zero-order valence-electron chi connectivity index (χ0n) is 12.2. The second kappa shape index (κ2) is 5.84. The third-order valence-electron chi connectivity index (χ3n) is 4.23. The average molecular weight is 296 g/mol. The first kappa shape index (κ1) is 15.5. The molecular formula is C15H24N2O2S. The van der Waals surface area contributed by atoms with Crippen LogP contribution in [0.4, 0.5) is 0 Å². The molecule has 5 heteroatoms. The first-order chi connectivity index (χ1) is 9.36. The Bertz CT molecular complexity index is 548. The molecule has 0 spiro atoms. The summed E-state index contributed by atoms with van der Waals surface area (Å²) in [6.07, 6.45) is 5.17. The van der Waals surface area contributed by atoms with E-state index in [0.717, 1.165) is 12.1 Å². The van der Waals surface area contributed by atoms with Gasteiger partial charge in [-0.25, -0.2) is 13.6 Å². The van der Waals surface area contributed by atoms with Gasteiger partial charge in [-0.05, 0) is 49.3 Å². The van der Waals surface area contributed by atoms with Gasteiger partial charge >= 0.3 is 0 Å². The topological polar surface area (TPSA) is 72.2 Å². The molecule has 20 heavy (non-hydrogen) atoms. The molecule has 112 valence electrons. The molecular weight excluding hydrogens is 272 g/mol. The van der Waals surface area contributed by atoms with Gasteiger partial charge in [0.1, 0.15) is 0 Å². The molecule has 0 heterocycles. The number of benzene rings is 1. The van der Waals surface area contributed by atoms with Gasteiger partial charge in [0.2, 0.25) is 10.0 Å². The Kier molecular flexibility index (Phi) is 4.52. The molecule has 0 aliphatic heterocycles. The first-order valence-corrected chi connectivity index (χ1v) is 8.77. The van der Waals surface area contributed by atoms with Crippen molar-refractivity contribution in [2.45, 2.75) is 50.5 Å². The highest BCUT2D eigenvalue weighted by Gasteiger charge is 2.41. The van der Waals surface area contributed by atoms with Crippen LogP contribution in [0.25, 0.3) is 0 Å². The van der Waals surface area contributed by atoms with Crippen LogP contribution >= 0.6 is 0 Å². The molecule has 0 aromatic heterocycles. The van der Waals surface area contributed by atoms with Crippen molar-refractivity contribution in [3.05, 3.63) is 29.8 Å². The average Bonchev–Trinajstić information content (AvgIpc) is 3.16. The van der Waals surface area contributed by atoms with Crippen molar-refractivity contribution in [3.8, 4) is 0 Å². The SMILES string of the molecule is CCCC1(CNC(C)c2ccc(S(N)(=O)=O)cc2)CC1. The van der Waals surface area contributed by atoms with E-state index in [4.69, 9.17) is 5.14 Å². The highest BCUT2D eigenvalue weighted by atomic mass is 32.2. The number of sulfonamides is 1. The Hall–Kier alpha value is -0.910. The van der Waals surface area contributed by atoms with Gasteiger partial charge in [-0.2, -0.15) is 0 Å². The van der Waals surface area contributed by atoms with Crippen molar-refractivity contribution >= 4 is 10.0 Å². The molecule has 1 saturated carbocycles. The zero-order chi connectivity index (χ0) is 14.8. The number of hydrogen-bond donors (Lipinski definition) is 2. The lowest BCUT2D eigenvalue weighted by molar-refractivity contribution is 0.397. The predicted molar refractivity (Wildman–Crippen MR) is 80.8 cm³/mol. The van der Waals surface area contributed by atoms with Crippen molar-refractivity contribution < 1.29 is 8.42 Å². The lowest BCUT2D eigenvalue weighted by atomic mass is 9.99. The van der Waals surface area contributed by atoms with Crippen molar-refractivity contribution in [2.75, 3.05) is 6.54 Å². The Labute approximate surface area is 121 Å². The van der Waals surface area contributed by atoms with Gasteiger partial charge in [0, 0.05) is 12.6 Å². The van der Waals surface area contributed by atoms with Crippen LogP contribution < -0.4 is 10.5 Å². The molecule has 1 atom stereocenters. The van der Waals surface area contributed by atoms with E-state index in [9.17, 15) is 8.42 Å². The second-order valence-electron chi connectivity index (χ2n) is 5.97. The van der Waals surface area contributed by atoms with Gasteiger partial charge in [0.25, 0.3) is 0 Å². The molecule has 2 rings (SSSR count). The van der Waals surface area contributed by atoms with E-state index in [2.05, 4.69) is 19.2 Å². The van der Waals surface area contributed by atoms with E-state index in [0.29, 0.717) is 5.41 Å². The zero-order valence-corrected chi connectivity index (χ0v) is 13.0. The van der Waals surface area contributed by atoms with Crippen LogP contribution in [-0.2, 0) is 10.0 Å². The smallest absolute Gasteiger partial charge is 0.238 e. The second-order valence-corrected chi connectivity index (χ2v) is 7.53. The molecule has 1 aliphatic carbocycles. The van der Waals surface area contributed by atoms with E-state index in [1.807, 2.05) is 12.1 Å². The van der Waals surface area contributed by atoms with Crippen molar-refractivity contribution in [2.24, 2.45) is 10.6 Å². The first-order valence-electron chi connectivity index (χ1n) is 7.22. The van der Waals surface area contributed by atoms with Gasteiger partial charge in [-0.3, -0.25) is 0 Å². The molecule has 4 nitrogen and oxygen atoms in total. The minimum absolute atomic E-state index is 0.165. The summed E-state index contributed by atoms with van der Waals surface area (Å²) in [6, 6.07) is 7.02. The molecule has 0 bridgehead atoms. The molecule has 0 saturated heterocycles. The molecule has 1 aromatic carbocycles. The maximum atomic E-state index is 11.2. The summed E-state index contributed by atoms with van der Waals surface area (Å²) in [6.45, 7) is 5.38. The van der Waals surface area contributed by atoms with Gasteiger partial charge in [-0.15, -0.1) is 0 Å². The lowest BCUT2D eigenvalue weighted by Crippen LogP contribution is -2.26. The fourth-order valence-corrected chi connectivity index (χ4v) is 3.17. The lowest BCUT2D eigenvalue weighted by Gasteiger charge is -2.20. The van der Waals surface area contributed by atoms with E-state index < -0.39 is 10.0 Å². The summed E-state index contributed by atoms with van der Waals surface area (Å²) in [5.41, 5.74) is 1.61. The van der Waals surface area contributed by atoms with Crippen molar-refractivity contribution in [1.82, 2.24) is 5.32 Å². The van der Waals surface area contributed by atoms with E-state index >= 15 is 0 Å². The van der Waals surface area contributed by atoms with Crippen LogP contribution in [0.2, 0.25) is 0 Å². The molecule has 1 fully saturated rings. The molecule has 0 radical (unpaired) electrons. The maximum Gasteiger partial charge on any atom is 0.238 e. The fourth-order valence-electron chi connectivity index (χ4n) is 2.66. The fraction of sp³-hybridized carbons (Fsp3) is 0.600. The summed E-state index contributed by atoms with van der Waals surface area (Å²) in [7, 11) is -3.60. The number of nitrogens with one attached hydrogen (secondary N) is 1. The monoisotopic (exact) mass is 296 g/mol. The highest BCUT2D eigenvalue weighted by molar-refractivity contribution is 7.89. The largest absolute Gasteiger partial charge is 0.310 e. The van der Waals surface area contributed by atoms with Crippen LogP contribution in [-0.4, -0.2) is 15.0 Å². The third-order valence-corrected chi connectivity index (χ3v) is 5.16. The summed E-state index contributed by atoms with van der Waals surface area (Å²) >= 11 is 0. The standard InChI is InChI=1S/C15H24N2O2S/c1-3-8-15(9-10-15)11-17-12(2)13-4-6-14(7-5-13)20(16,18)19/h4-7,12,17H,3,8-11H2,1-2H3,(H2,16,18,19). The quantitative estimate of drug-likeness (QED) is 0.812. The highest BCUT2D eigenvalue weighted by Crippen LogP contribution is 2.49. The minimum Gasteiger partial charge on any atom is -0.310 e.